The number of hydrogen-bond donors (Lipinski definition) is 0. The molecule has 1 aliphatic rings. The summed E-state index contributed by atoms with van der Waals surface area (Å²) in [4.78, 5) is 17.8. The Balaban J connectivity index is 2.02. The first-order valence-electron chi connectivity index (χ1n) is 8.23. The fourth-order valence-electron chi connectivity index (χ4n) is 2.53. The van der Waals surface area contributed by atoms with E-state index in [1.165, 1.54) is 10.7 Å². The van der Waals surface area contributed by atoms with E-state index in [1.807, 2.05) is 0 Å². The summed E-state index contributed by atoms with van der Waals surface area (Å²) < 4.78 is 27.6. The number of alkyl halides is 2. The maximum atomic E-state index is 13.1. The molecule has 0 spiro atoms. The summed E-state index contributed by atoms with van der Waals surface area (Å²) in [6.45, 7) is 5.88. The molecule has 7 nitrogen and oxygen atoms in total. The molecule has 1 aliphatic heterocycles. The Kier molecular flexibility index (Phi) is 4.93. The molecule has 0 aliphatic carbocycles. The van der Waals surface area contributed by atoms with Gasteiger partial charge in [-0.05, 0) is 38.1 Å². The van der Waals surface area contributed by atoms with E-state index in [2.05, 4.69) is 26.9 Å². The number of amides is 1. The lowest BCUT2D eigenvalue weighted by atomic mass is 10.1. The number of halogens is 2. The largest absolute Gasteiger partial charge is 0.325 e. The maximum absolute atomic E-state index is 13.1. The van der Waals surface area contributed by atoms with Gasteiger partial charge in [0.1, 0.15) is 0 Å². The highest BCUT2D eigenvalue weighted by atomic mass is 19.3. The zero-order chi connectivity index (χ0) is 19.6. The van der Waals surface area contributed by atoms with Crippen molar-refractivity contribution in [2.45, 2.75) is 19.8 Å². The number of azo groups is 1. The van der Waals surface area contributed by atoms with E-state index in [-0.39, 0.29) is 5.69 Å². The summed E-state index contributed by atoms with van der Waals surface area (Å²) in [5.41, 5.74) is 1.60. The number of aromatic nitrogens is 3. The predicted octanol–water partition coefficient (Wildman–Crippen LogP) is 3.84. The number of likely N-dealkylation sites (tertiary alicyclic amines) is 1. The summed E-state index contributed by atoms with van der Waals surface area (Å²) in [5.74, 6) is -3.05. The van der Waals surface area contributed by atoms with Gasteiger partial charge in [-0.1, -0.05) is 12.6 Å². The average molecular weight is 372 g/mol. The molecule has 0 unspecified atom stereocenters. The number of rotatable bonds is 5. The van der Waals surface area contributed by atoms with Gasteiger partial charge in [0.15, 0.2) is 11.5 Å². The molecule has 1 saturated heterocycles. The molecule has 2 aromatic rings. The molecular weight excluding hydrogens is 354 g/mol. The third-order valence-corrected chi connectivity index (χ3v) is 3.79. The fraction of sp³-hybridized carbons (Fsp3) is 0.278. The van der Waals surface area contributed by atoms with Gasteiger partial charge in [0.25, 0.3) is 11.8 Å². The Morgan fingerprint density at radius 2 is 2.07 bits per heavy atom. The molecule has 1 amide bonds. The monoisotopic (exact) mass is 372 g/mol. The molecule has 0 saturated carbocycles. The predicted molar refractivity (Wildman–Crippen MR) is 95.9 cm³/mol. The number of carbonyl (C=O) groups is 1. The van der Waals surface area contributed by atoms with E-state index < -0.39 is 24.9 Å². The van der Waals surface area contributed by atoms with Crippen LogP contribution in [0.3, 0.4) is 0 Å². The van der Waals surface area contributed by atoms with Crippen molar-refractivity contribution in [1.82, 2.24) is 19.7 Å². The summed E-state index contributed by atoms with van der Waals surface area (Å²) in [7, 11) is 0. The van der Waals surface area contributed by atoms with Crippen LogP contribution < -0.4 is 0 Å². The number of carbonyl (C=O) groups excluding carboxylic acids is 1. The topological polar surface area (TPSA) is 75.7 Å². The molecule has 1 fully saturated rings. The van der Waals surface area contributed by atoms with Crippen LogP contribution in [-0.2, 0) is 0 Å². The van der Waals surface area contributed by atoms with Gasteiger partial charge < -0.3 is 4.90 Å². The highest BCUT2D eigenvalue weighted by Crippen LogP contribution is 2.29. The molecule has 3 heterocycles. The summed E-state index contributed by atoms with van der Waals surface area (Å²) in [5, 5.41) is 12.3. The van der Waals surface area contributed by atoms with Gasteiger partial charge in [-0.25, -0.2) is 13.5 Å². The van der Waals surface area contributed by atoms with Crippen LogP contribution in [0.1, 0.15) is 24.3 Å². The lowest BCUT2D eigenvalue weighted by Crippen LogP contribution is -2.58. The second-order valence-electron chi connectivity index (χ2n) is 6.14. The Morgan fingerprint density at radius 1 is 1.33 bits per heavy atom. The van der Waals surface area contributed by atoms with Crippen LogP contribution in [-0.4, -0.2) is 44.6 Å². The van der Waals surface area contributed by atoms with E-state index in [9.17, 15) is 13.6 Å². The first-order chi connectivity index (χ1) is 12.8. The van der Waals surface area contributed by atoms with Crippen molar-refractivity contribution in [3.8, 4) is 11.4 Å². The van der Waals surface area contributed by atoms with Crippen molar-refractivity contribution in [2.75, 3.05) is 13.1 Å². The molecular formula is C18H18F2N6O. The highest BCUT2D eigenvalue weighted by Gasteiger charge is 2.47. The maximum Gasteiger partial charge on any atom is 0.282 e. The summed E-state index contributed by atoms with van der Waals surface area (Å²) >= 11 is 0. The van der Waals surface area contributed by atoms with E-state index >= 15 is 0 Å². The van der Waals surface area contributed by atoms with Crippen molar-refractivity contribution in [1.29, 1.82) is 0 Å². The van der Waals surface area contributed by atoms with Crippen LogP contribution in [0.15, 0.2) is 59.0 Å². The van der Waals surface area contributed by atoms with Gasteiger partial charge in [0, 0.05) is 6.20 Å². The van der Waals surface area contributed by atoms with E-state index in [1.54, 1.807) is 44.3 Å². The van der Waals surface area contributed by atoms with Crippen LogP contribution in [0.2, 0.25) is 0 Å². The minimum Gasteiger partial charge on any atom is -0.325 e. The normalized spacial score (nSPS) is 16.4. The minimum absolute atomic E-state index is 0.0380. The molecule has 9 heteroatoms. The van der Waals surface area contributed by atoms with Crippen molar-refractivity contribution >= 4 is 11.7 Å². The van der Waals surface area contributed by atoms with E-state index in [4.69, 9.17) is 0 Å². The van der Waals surface area contributed by atoms with Gasteiger partial charge in [0.05, 0.1) is 30.2 Å². The summed E-state index contributed by atoms with van der Waals surface area (Å²) in [6, 6.07) is 6.82. The minimum atomic E-state index is -2.84. The first kappa shape index (κ1) is 18.6. The number of hydrogen-bond acceptors (Lipinski definition) is 5. The van der Waals surface area contributed by atoms with Crippen LogP contribution >= 0.6 is 0 Å². The molecule has 2 aromatic heterocycles. The quantitative estimate of drug-likeness (QED) is 0.748. The second kappa shape index (κ2) is 7.18. The zero-order valence-electron chi connectivity index (χ0n) is 14.9. The Labute approximate surface area is 154 Å². The smallest absolute Gasteiger partial charge is 0.282 e. The SMILES string of the molecule is C=C(C)N=N/C(=C\C)n1nc(C(=O)N2CC(F)(F)C2)cc1-c1ccccn1. The van der Waals surface area contributed by atoms with Crippen LogP contribution in [0.4, 0.5) is 8.78 Å². The summed E-state index contributed by atoms with van der Waals surface area (Å²) in [6.07, 6.45) is 3.27. The lowest BCUT2D eigenvalue weighted by Gasteiger charge is -2.38. The molecule has 0 aromatic carbocycles. The van der Waals surface area contributed by atoms with Crippen LogP contribution in [0.25, 0.3) is 17.2 Å². The van der Waals surface area contributed by atoms with Gasteiger partial charge in [-0.15, -0.1) is 5.11 Å². The lowest BCUT2D eigenvalue weighted by molar-refractivity contribution is -0.113. The molecule has 0 radical (unpaired) electrons. The zero-order valence-corrected chi connectivity index (χ0v) is 14.9. The van der Waals surface area contributed by atoms with Crippen molar-refractivity contribution in [2.24, 2.45) is 10.2 Å². The highest BCUT2D eigenvalue weighted by molar-refractivity contribution is 5.94. The molecule has 27 heavy (non-hydrogen) atoms. The van der Waals surface area contributed by atoms with Gasteiger partial charge in [-0.3, -0.25) is 9.78 Å². The Hall–Kier alpha value is -3.23. The third-order valence-electron chi connectivity index (χ3n) is 3.79. The van der Waals surface area contributed by atoms with E-state index in [0.717, 1.165) is 4.90 Å². The van der Waals surface area contributed by atoms with Gasteiger partial charge >= 0.3 is 0 Å². The van der Waals surface area contributed by atoms with Gasteiger partial charge in [0.2, 0.25) is 0 Å². The molecule has 3 rings (SSSR count). The molecule has 140 valence electrons. The Morgan fingerprint density at radius 3 is 2.63 bits per heavy atom. The van der Waals surface area contributed by atoms with Crippen molar-refractivity contribution < 1.29 is 13.6 Å². The molecule has 0 bridgehead atoms. The number of allylic oxidation sites excluding steroid dienone is 2. The van der Waals surface area contributed by atoms with Crippen LogP contribution in [0.5, 0.6) is 0 Å². The van der Waals surface area contributed by atoms with Crippen molar-refractivity contribution in [3.63, 3.8) is 0 Å². The number of nitrogens with zero attached hydrogens (tertiary/aromatic N) is 6. The van der Waals surface area contributed by atoms with E-state index in [0.29, 0.717) is 22.9 Å². The second-order valence-corrected chi connectivity index (χ2v) is 6.14. The molecule has 0 N–H and O–H groups in total. The Bertz CT molecular complexity index is 925. The average Bonchev–Trinajstić information content (AvgIpc) is 3.05. The standard InChI is InChI=1S/C18H18F2N6O/c1-4-16(23-22-12(2)3)26-15(13-7-5-6-8-21-13)9-14(24-26)17(27)25-10-18(19,20)11-25/h4-9H,2,10-11H2,1,3H3/b16-4+,23-22?. The van der Waals surface area contributed by atoms with Gasteiger partial charge in [-0.2, -0.15) is 10.2 Å². The molecule has 0 atom stereocenters. The fourth-order valence-corrected chi connectivity index (χ4v) is 2.53. The van der Waals surface area contributed by atoms with Crippen molar-refractivity contribution in [3.05, 3.63) is 54.5 Å². The number of pyridine rings is 1. The third kappa shape index (κ3) is 3.97. The van der Waals surface area contributed by atoms with Crippen LogP contribution in [0, 0.1) is 0 Å². The first-order valence-corrected chi connectivity index (χ1v) is 8.23.